The van der Waals surface area contributed by atoms with Gasteiger partial charge in [-0.1, -0.05) is 54.6 Å². The maximum atomic E-state index is 6.04. The molecule has 2 heterocycles. The second-order valence-corrected chi connectivity index (χ2v) is 11.0. The predicted molar refractivity (Wildman–Crippen MR) is 154 cm³/mol. The van der Waals surface area contributed by atoms with E-state index in [4.69, 9.17) is 16.6 Å². The first-order chi connectivity index (χ1) is 16.1. The average molecular weight is 550 g/mol. The number of hydrogen-bond donors (Lipinski definition) is 0. The van der Waals surface area contributed by atoms with E-state index >= 15 is 0 Å². The van der Waals surface area contributed by atoms with Crippen molar-refractivity contribution in [1.29, 1.82) is 0 Å². The van der Waals surface area contributed by atoms with E-state index in [1.54, 1.807) is 6.08 Å². The molecule has 188 valence electrons. The molecule has 0 aromatic heterocycles. The highest BCUT2D eigenvalue weighted by Gasteiger charge is 2.32. The van der Waals surface area contributed by atoms with E-state index in [9.17, 15) is 0 Å². The number of aliphatic imine (C=N–C) groups is 1. The Morgan fingerprint density at radius 2 is 1.82 bits per heavy atom. The van der Waals surface area contributed by atoms with Gasteiger partial charge in [-0.2, -0.15) is 0 Å². The van der Waals surface area contributed by atoms with Crippen molar-refractivity contribution in [1.82, 2.24) is 14.7 Å². The second kappa shape index (κ2) is 14.2. The fourth-order valence-electron chi connectivity index (χ4n) is 4.62. The summed E-state index contributed by atoms with van der Waals surface area (Å²) in [6.45, 7) is 26.7. The summed E-state index contributed by atoms with van der Waals surface area (Å²) in [6.07, 6.45) is 11.3. The number of hydrogen-bond acceptors (Lipinski definition) is 3. The Hall–Kier alpha value is -1.40. The van der Waals surface area contributed by atoms with Crippen LogP contribution in [0.15, 0.2) is 75.4 Å². The third-order valence-corrected chi connectivity index (χ3v) is 7.36. The molecule has 0 aromatic rings. The lowest BCUT2D eigenvalue weighted by Gasteiger charge is -2.44. The van der Waals surface area contributed by atoms with Crippen LogP contribution >= 0.6 is 27.5 Å². The van der Waals surface area contributed by atoms with Gasteiger partial charge in [0.25, 0.3) is 0 Å². The van der Waals surface area contributed by atoms with Crippen LogP contribution < -0.4 is 0 Å². The maximum absolute atomic E-state index is 6.04. The van der Waals surface area contributed by atoms with E-state index in [2.05, 4.69) is 70.3 Å². The molecule has 0 aromatic carbocycles. The van der Waals surface area contributed by atoms with Crippen molar-refractivity contribution in [3.05, 3.63) is 70.4 Å². The summed E-state index contributed by atoms with van der Waals surface area (Å²) in [6, 6.07) is 1.11. The number of amidine groups is 1. The molecule has 2 saturated heterocycles. The molecule has 2 unspecified atom stereocenters. The van der Waals surface area contributed by atoms with Crippen molar-refractivity contribution >= 4 is 33.4 Å². The van der Waals surface area contributed by atoms with Crippen LogP contribution in [0.4, 0.5) is 0 Å². The Balaban J connectivity index is 1.97. The van der Waals surface area contributed by atoms with Gasteiger partial charge in [-0.05, 0) is 87.6 Å². The number of rotatable bonds is 8. The number of likely N-dealkylation sites (tertiary alicyclic amines) is 1. The molecule has 0 aliphatic carbocycles. The third kappa shape index (κ3) is 8.99. The lowest BCUT2D eigenvalue weighted by Crippen LogP contribution is -2.56. The van der Waals surface area contributed by atoms with Gasteiger partial charge >= 0.3 is 0 Å². The molecular formula is C28H42BrClN4. The minimum atomic E-state index is 0.474. The minimum absolute atomic E-state index is 0.474. The van der Waals surface area contributed by atoms with Crippen LogP contribution in [0.3, 0.4) is 0 Å². The zero-order valence-electron chi connectivity index (χ0n) is 21.5. The standard InChI is InChI=1S/C28H42BrClN4/c1-8-26(30)12-11-22(4)19-32-14-9-10-27(13-15-32)34-17-16-33(20-24(34)6)28(25(7)29)31-18-23(5)21(2)3/h8,11-12,18,24,27H,1-2,7,9-10,13-17,19-20H2,3-6H3/b22-11+,23-18+,26-12+,31-28?. The van der Waals surface area contributed by atoms with E-state index in [1.165, 1.54) is 24.8 Å². The lowest BCUT2D eigenvalue weighted by atomic mass is 10.0. The Morgan fingerprint density at radius 3 is 2.44 bits per heavy atom. The van der Waals surface area contributed by atoms with E-state index < -0.39 is 0 Å². The van der Waals surface area contributed by atoms with Crippen molar-refractivity contribution in [2.24, 2.45) is 4.99 Å². The van der Waals surface area contributed by atoms with Crippen LogP contribution in [0.5, 0.6) is 0 Å². The number of allylic oxidation sites excluding steroid dienone is 6. The molecule has 0 bridgehead atoms. The fourth-order valence-corrected chi connectivity index (χ4v) is 5.04. The molecular weight excluding hydrogens is 508 g/mol. The van der Waals surface area contributed by atoms with Crippen LogP contribution in [-0.2, 0) is 0 Å². The molecule has 2 aliphatic heterocycles. The zero-order valence-corrected chi connectivity index (χ0v) is 23.8. The Morgan fingerprint density at radius 1 is 1.09 bits per heavy atom. The molecule has 0 radical (unpaired) electrons. The lowest BCUT2D eigenvalue weighted by molar-refractivity contribution is 0.0711. The first-order valence-corrected chi connectivity index (χ1v) is 13.4. The van der Waals surface area contributed by atoms with E-state index in [1.807, 2.05) is 26.1 Å². The van der Waals surface area contributed by atoms with Gasteiger partial charge in [0.1, 0.15) is 5.84 Å². The monoisotopic (exact) mass is 548 g/mol. The van der Waals surface area contributed by atoms with Crippen LogP contribution in [0.25, 0.3) is 0 Å². The van der Waals surface area contributed by atoms with Crippen molar-refractivity contribution in [3.63, 3.8) is 0 Å². The Kier molecular flexibility index (Phi) is 12.1. The second-order valence-electron chi connectivity index (χ2n) is 9.61. The SMILES string of the molecule is C=C/C(Cl)=C\C=C(/C)CN1CCCC(N2CCN(C(=N/C=C(\C)C(=C)C)C(=C)Br)CC2C)CC1. The van der Waals surface area contributed by atoms with Gasteiger partial charge in [0.2, 0.25) is 0 Å². The van der Waals surface area contributed by atoms with Gasteiger partial charge in [-0.3, -0.25) is 9.80 Å². The van der Waals surface area contributed by atoms with Crippen LogP contribution in [0.2, 0.25) is 0 Å². The molecule has 2 atom stereocenters. The van der Waals surface area contributed by atoms with E-state index in [0.717, 1.165) is 60.7 Å². The molecule has 34 heavy (non-hydrogen) atoms. The van der Waals surface area contributed by atoms with Gasteiger partial charge in [0.05, 0.1) is 4.48 Å². The van der Waals surface area contributed by atoms with Gasteiger partial charge in [-0.25, -0.2) is 4.99 Å². The number of halogens is 2. The highest BCUT2D eigenvalue weighted by molar-refractivity contribution is 9.12. The highest BCUT2D eigenvalue weighted by atomic mass is 79.9. The minimum Gasteiger partial charge on any atom is -0.353 e. The molecule has 2 rings (SSSR count). The fraction of sp³-hybridized carbons (Fsp3) is 0.536. The smallest absolute Gasteiger partial charge is 0.142 e. The summed E-state index contributed by atoms with van der Waals surface area (Å²) in [4.78, 5) is 12.4. The number of piperazine rings is 1. The zero-order chi connectivity index (χ0) is 25.3. The van der Waals surface area contributed by atoms with Crippen molar-refractivity contribution in [2.45, 2.75) is 59.0 Å². The Bertz CT molecular complexity index is 870. The van der Waals surface area contributed by atoms with Gasteiger partial charge in [0.15, 0.2) is 0 Å². The molecule has 0 amide bonds. The topological polar surface area (TPSA) is 22.1 Å². The molecule has 0 spiro atoms. The molecule has 0 N–H and O–H groups in total. The summed E-state index contributed by atoms with van der Waals surface area (Å²) in [5, 5.41) is 0.682. The molecule has 6 heteroatoms. The van der Waals surface area contributed by atoms with E-state index in [-0.39, 0.29) is 0 Å². The highest BCUT2D eigenvalue weighted by Crippen LogP contribution is 2.24. The van der Waals surface area contributed by atoms with Gasteiger partial charge in [0, 0.05) is 49.5 Å². The van der Waals surface area contributed by atoms with Crippen molar-refractivity contribution in [3.8, 4) is 0 Å². The first-order valence-electron chi connectivity index (χ1n) is 12.3. The van der Waals surface area contributed by atoms with Crippen LogP contribution in [0, 0.1) is 0 Å². The summed E-state index contributed by atoms with van der Waals surface area (Å²) in [7, 11) is 0. The number of nitrogens with zero attached hydrogens (tertiary/aromatic N) is 4. The van der Waals surface area contributed by atoms with E-state index in [0.29, 0.717) is 17.1 Å². The van der Waals surface area contributed by atoms with Gasteiger partial charge in [-0.15, -0.1) is 0 Å². The summed E-state index contributed by atoms with van der Waals surface area (Å²) in [5.74, 6) is 0.923. The summed E-state index contributed by atoms with van der Waals surface area (Å²) < 4.78 is 0.830. The molecule has 0 saturated carbocycles. The van der Waals surface area contributed by atoms with Crippen LogP contribution in [-0.4, -0.2) is 71.9 Å². The first kappa shape index (κ1) is 28.8. The van der Waals surface area contributed by atoms with Crippen molar-refractivity contribution in [2.75, 3.05) is 39.3 Å². The maximum Gasteiger partial charge on any atom is 0.142 e. The summed E-state index contributed by atoms with van der Waals surface area (Å²) >= 11 is 9.62. The average Bonchev–Trinajstić information content (AvgIpc) is 3.02. The molecule has 2 aliphatic rings. The quantitative estimate of drug-likeness (QED) is 0.187. The van der Waals surface area contributed by atoms with Crippen LogP contribution in [0.1, 0.15) is 47.0 Å². The van der Waals surface area contributed by atoms with Crippen molar-refractivity contribution < 1.29 is 0 Å². The largest absolute Gasteiger partial charge is 0.353 e. The van der Waals surface area contributed by atoms with Gasteiger partial charge < -0.3 is 4.90 Å². The third-order valence-electron chi connectivity index (χ3n) is 6.73. The Labute approximate surface area is 221 Å². The normalized spacial score (nSPS) is 24.7. The predicted octanol–water partition coefficient (Wildman–Crippen LogP) is 6.89. The molecule has 4 nitrogen and oxygen atoms in total. The summed E-state index contributed by atoms with van der Waals surface area (Å²) in [5.41, 5.74) is 3.45. The molecule has 2 fully saturated rings.